The van der Waals surface area contributed by atoms with Crippen molar-refractivity contribution in [2.75, 3.05) is 25.1 Å². The summed E-state index contributed by atoms with van der Waals surface area (Å²) in [5, 5.41) is 6.69. The molecule has 0 aromatic heterocycles. The van der Waals surface area contributed by atoms with Crippen molar-refractivity contribution in [2.45, 2.75) is 20.9 Å². The van der Waals surface area contributed by atoms with E-state index in [1.807, 2.05) is 5.32 Å². The number of anilines is 2. The number of rotatable bonds is 3. The number of primary sulfonamides is 1. The molecule has 0 saturated heterocycles. The van der Waals surface area contributed by atoms with E-state index < -0.39 is 47.0 Å². The van der Waals surface area contributed by atoms with Crippen molar-refractivity contribution in [2.24, 2.45) is 9.54 Å². The van der Waals surface area contributed by atoms with Crippen LogP contribution in [0.4, 0.5) is 24.5 Å². The molecular formula is C16H18F3N5O6S3. The molecule has 1 aliphatic heterocycles. The van der Waals surface area contributed by atoms with Crippen molar-refractivity contribution in [1.29, 1.82) is 0 Å². The zero-order valence-electron chi connectivity index (χ0n) is 16.9. The number of halogens is 3. The fourth-order valence-electron chi connectivity index (χ4n) is 2.37. The van der Waals surface area contributed by atoms with Crippen LogP contribution in [0.15, 0.2) is 61.5 Å². The number of nitrogens with two attached hydrogens (primary N) is 2. The molecule has 182 valence electrons. The lowest BCUT2D eigenvalue weighted by Crippen LogP contribution is -2.34. The first-order valence-corrected chi connectivity index (χ1v) is 12.9. The first kappa shape index (κ1) is 26.5. The Kier molecular flexibility index (Phi) is 7.15. The Labute approximate surface area is 188 Å². The molecule has 0 saturated carbocycles. The number of nitrogen functional groups attached to an aromatic ring is 1. The second-order valence-electron chi connectivity index (χ2n) is 6.57. The number of hydrogen-bond acceptors (Lipinski definition) is 8. The zero-order chi connectivity index (χ0) is 25.4. The van der Waals surface area contributed by atoms with Gasteiger partial charge in [-0.25, -0.2) is 26.3 Å². The molecule has 1 aliphatic rings. The first-order valence-electron chi connectivity index (χ1n) is 8.50. The second-order valence-corrected chi connectivity index (χ2v) is 11.8. The Hall–Kier alpha value is -2.73. The highest BCUT2D eigenvalue weighted by molar-refractivity contribution is 7.91. The predicted octanol–water partition coefficient (Wildman–Crippen LogP) is 0.928. The minimum atomic E-state index is -4.97. The number of alkyl halides is 3. The van der Waals surface area contributed by atoms with Gasteiger partial charge in [0.15, 0.2) is 0 Å². The molecule has 5 N–H and O–H groups in total. The minimum absolute atomic E-state index is 0.0278. The maximum Gasteiger partial charge on any atom is 0.450 e. The summed E-state index contributed by atoms with van der Waals surface area (Å²) in [6.45, 7) is 0. The summed E-state index contributed by atoms with van der Waals surface area (Å²) >= 11 is 0. The number of sulfonamides is 3. The zero-order valence-corrected chi connectivity index (χ0v) is 19.3. The number of fused-ring (bicyclic) bond motifs is 1. The van der Waals surface area contributed by atoms with Crippen LogP contribution in [0.2, 0.25) is 0 Å². The summed E-state index contributed by atoms with van der Waals surface area (Å²) in [5.74, 6) is -1.68. The lowest BCUT2D eigenvalue weighted by atomic mass is 10.3. The number of benzene rings is 2. The number of nitrogens with one attached hydrogen (secondary N) is 1. The van der Waals surface area contributed by atoms with Crippen molar-refractivity contribution >= 4 is 47.3 Å². The van der Waals surface area contributed by atoms with E-state index >= 15 is 0 Å². The molecule has 0 bridgehead atoms. The van der Waals surface area contributed by atoms with Crippen LogP contribution < -0.4 is 16.2 Å². The summed E-state index contributed by atoms with van der Waals surface area (Å²) in [5.41, 5.74) is 5.13. The highest BCUT2D eigenvalue weighted by Crippen LogP contribution is 2.33. The van der Waals surface area contributed by atoms with E-state index in [4.69, 9.17) is 10.9 Å². The van der Waals surface area contributed by atoms with Gasteiger partial charge in [-0.2, -0.15) is 21.6 Å². The van der Waals surface area contributed by atoms with Gasteiger partial charge in [-0.1, -0.05) is 12.1 Å². The molecule has 0 radical (unpaired) electrons. The molecule has 2 aromatic rings. The van der Waals surface area contributed by atoms with Crippen molar-refractivity contribution < 1.29 is 38.4 Å². The van der Waals surface area contributed by atoms with Crippen LogP contribution in [-0.4, -0.2) is 55.7 Å². The van der Waals surface area contributed by atoms with Crippen LogP contribution in [0.1, 0.15) is 0 Å². The van der Waals surface area contributed by atoms with Gasteiger partial charge in [-0.3, -0.25) is 0 Å². The number of amidine groups is 1. The largest absolute Gasteiger partial charge is 0.450 e. The molecule has 1 heterocycles. The van der Waals surface area contributed by atoms with E-state index in [0.717, 1.165) is 22.5 Å². The van der Waals surface area contributed by atoms with Gasteiger partial charge in [0.1, 0.15) is 9.79 Å². The molecule has 0 spiro atoms. The molecular weight excluding hydrogens is 511 g/mol. The summed E-state index contributed by atoms with van der Waals surface area (Å²) in [6.07, 6.45) is -4.97. The van der Waals surface area contributed by atoms with E-state index in [2.05, 4.69) is 4.40 Å². The van der Waals surface area contributed by atoms with Gasteiger partial charge >= 0.3 is 6.18 Å². The van der Waals surface area contributed by atoms with Gasteiger partial charge in [0.2, 0.25) is 25.9 Å². The van der Waals surface area contributed by atoms with E-state index in [9.17, 15) is 38.4 Å². The quantitative estimate of drug-likeness (QED) is 0.491. The van der Waals surface area contributed by atoms with Crippen LogP contribution in [0.25, 0.3) is 0 Å². The fraction of sp³-hybridized carbons (Fsp3) is 0.188. The number of hydrogen-bond donors (Lipinski definition) is 3. The van der Waals surface area contributed by atoms with Crippen molar-refractivity contribution in [3.8, 4) is 0 Å². The number of para-hydroxylation sites is 1. The molecule has 0 aliphatic carbocycles. The van der Waals surface area contributed by atoms with E-state index in [1.165, 1.54) is 26.2 Å². The first-order chi connectivity index (χ1) is 14.9. The third-order valence-electron chi connectivity index (χ3n) is 3.97. The van der Waals surface area contributed by atoms with Crippen molar-refractivity contribution in [3.05, 3.63) is 42.5 Å². The highest BCUT2D eigenvalue weighted by Gasteiger charge is 2.41. The Morgan fingerprint density at radius 1 is 1.03 bits per heavy atom. The summed E-state index contributed by atoms with van der Waals surface area (Å²) in [6, 6.07) is 8.79. The van der Waals surface area contributed by atoms with Gasteiger partial charge in [0.05, 0.1) is 16.3 Å². The van der Waals surface area contributed by atoms with Gasteiger partial charge in [-0.05, 0) is 30.3 Å². The predicted molar refractivity (Wildman–Crippen MR) is 114 cm³/mol. The van der Waals surface area contributed by atoms with E-state index in [-0.39, 0.29) is 21.2 Å². The Bertz CT molecular complexity index is 1420. The molecule has 0 fully saturated rings. The normalized spacial score (nSPS) is 15.5. The molecule has 0 unspecified atom stereocenters. The van der Waals surface area contributed by atoms with Crippen LogP contribution in [0.5, 0.6) is 0 Å². The SMILES string of the molecule is CN(C)S(=O)(=O)c1ccc2c(c1)S(=O)(=O)N=C(C(F)(F)F)N2.Nc1ccccc1S(N)(=O)=O. The Morgan fingerprint density at radius 2 is 1.61 bits per heavy atom. The summed E-state index contributed by atoms with van der Waals surface area (Å²) in [4.78, 5) is -1.03. The topological polar surface area (TPSA) is 182 Å². The van der Waals surface area contributed by atoms with Crippen LogP contribution in [0, 0.1) is 0 Å². The monoisotopic (exact) mass is 529 g/mol. The fourth-order valence-corrected chi connectivity index (χ4v) is 5.20. The molecule has 0 atom stereocenters. The lowest BCUT2D eigenvalue weighted by Gasteiger charge is -2.20. The van der Waals surface area contributed by atoms with Crippen LogP contribution in [-0.2, 0) is 30.1 Å². The lowest BCUT2D eigenvalue weighted by molar-refractivity contribution is -0.0585. The van der Waals surface area contributed by atoms with E-state index in [0.29, 0.717) is 0 Å². The molecule has 17 heteroatoms. The van der Waals surface area contributed by atoms with Gasteiger partial charge in [0.25, 0.3) is 10.0 Å². The van der Waals surface area contributed by atoms with Crippen LogP contribution in [0.3, 0.4) is 0 Å². The maximum absolute atomic E-state index is 12.6. The summed E-state index contributed by atoms with van der Waals surface area (Å²) < 4.78 is 110. The van der Waals surface area contributed by atoms with Crippen molar-refractivity contribution in [1.82, 2.24) is 4.31 Å². The third-order valence-corrected chi connectivity index (χ3v) is 8.08. The van der Waals surface area contributed by atoms with Crippen LogP contribution >= 0.6 is 0 Å². The van der Waals surface area contributed by atoms with Gasteiger partial charge in [0, 0.05) is 14.1 Å². The average molecular weight is 530 g/mol. The highest BCUT2D eigenvalue weighted by atomic mass is 32.2. The Morgan fingerprint density at radius 3 is 2.06 bits per heavy atom. The maximum atomic E-state index is 12.6. The third kappa shape index (κ3) is 5.99. The molecule has 2 aromatic carbocycles. The van der Waals surface area contributed by atoms with Gasteiger partial charge < -0.3 is 11.1 Å². The molecule has 33 heavy (non-hydrogen) atoms. The molecule has 11 nitrogen and oxygen atoms in total. The van der Waals surface area contributed by atoms with E-state index in [1.54, 1.807) is 12.1 Å². The van der Waals surface area contributed by atoms with Crippen molar-refractivity contribution in [3.63, 3.8) is 0 Å². The summed E-state index contributed by atoms with van der Waals surface area (Å²) in [7, 11) is -9.78. The minimum Gasteiger partial charge on any atom is -0.398 e. The smallest absolute Gasteiger partial charge is 0.398 e. The molecule has 0 amide bonds. The second kappa shape index (κ2) is 8.90. The molecule has 3 rings (SSSR count). The standard InChI is InChI=1S/C10H10F3N3O4S2.C6H8N2O2S/c1-16(2)22(19,20)6-3-4-7-8(5-6)21(17,18)15-9(14-7)10(11,12)13;7-5-3-1-2-4-6(5)11(8,9)10/h3-5H,1-2H3,(H,14,15);1-4H,7H2,(H2,8,9,10). The number of nitrogens with zero attached hydrogens (tertiary/aromatic N) is 2. The van der Waals surface area contributed by atoms with Gasteiger partial charge in [-0.15, -0.1) is 4.40 Å². The average Bonchev–Trinajstić information content (AvgIpc) is 2.66. The Balaban J connectivity index is 0.000000294.